The van der Waals surface area contributed by atoms with Crippen LogP contribution >= 0.6 is 0 Å². The van der Waals surface area contributed by atoms with Crippen molar-refractivity contribution in [2.45, 2.75) is 13.8 Å². The molecule has 0 radical (unpaired) electrons. The Kier molecular flexibility index (Phi) is 3.04. The van der Waals surface area contributed by atoms with Gasteiger partial charge in [0.25, 0.3) is 0 Å². The van der Waals surface area contributed by atoms with Crippen LogP contribution in [0.15, 0.2) is 28.9 Å². The number of pyridine rings is 1. The summed E-state index contributed by atoms with van der Waals surface area (Å²) in [6.45, 7) is 3.25. The first-order valence-electron chi connectivity index (χ1n) is 5.07. The first kappa shape index (κ1) is 11.1. The fourth-order valence-electron chi connectivity index (χ4n) is 1.30. The molecule has 17 heavy (non-hydrogen) atoms. The summed E-state index contributed by atoms with van der Waals surface area (Å²) in [5.74, 6) is 1.72. The molecule has 0 aliphatic heterocycles. The van der Waals surface area contributed by atoms with Crippen molar-refractivity contribution in [2.75, 3.05) is 10.6 Å². The highest BCUT2D eigenvalue weighted by Gasteiger charge is 2.01. The summed E-state index contributed by atoms with van der Waals surface area (Å²) in [5.41, 5.74) is 0.771. The van der Waals surface area contributed by atoms with Crippen molar-refractivity contribution in [3.63, 3.8) is 0 Å². The van der Waals surface area contributed by atoms with E-state index in [-0.39, 0.29) is 5.91 Å². The highest BCUT2D eigenvalue weighted by molar-refractivity contribution is 5.87. The van der Waals surface area contributed by atoms with Crippen LogP contribution in [-0.4, -0.2) is 16.0 Å². The molecule has 0 unspecified atom stereocenters. The maximum atomic E-state index is 10.8. The van der Waals surface area contributed by atoms with Gasteiger partial charge in [0.05, 0.1) is 11.9 Å². The zero-order chi connectivity index (χ0) is 12.3. The third kappa shape index (κ3) is 3.04. The van der Waals surface area contributed by atoms with Gasteiger partial charge in [-0.2, -0.15) is 0 Å². The van der Waals surface area contributed by atoms with Crippen LogP contribution in [0.5, 0.6) is 0 Å². The van der Waals surface area contributed by atoms with E-state index in [1.165, 1.54) is 6.92 Å². The van der Waals surface area contributed by atoms with E-state index in [0.29, 0.717) is 11.6 Å². The van der Waals surface area contributed by atoms with E-state index in [9.17, 15) is 4.79 Å². The van der Waals surface area contributed by atoms with E-state index < -0.39 is 0 Å². The Balaban J connectivity index is 2.05. The number of hydrogen-bond acceptors (Lipinski definition) is 5. The van der Waals surface area contributed by atoms with E-state index in [1.54, 1.807) is 24.4 Å². The van der Waals surface area contributed by atoms with Gasteiger partial charge in [0.1, 0.15) is 11.6 Å². The third-order valence-corrected chi connectivity index (χ3v) is 1.97. The Hall–Kier alpha value is -2.37. The normalized spacial score (nSPS) is 10.0. The van der Waals surface area contributed by atoms with Crippen molar-refractivity contribution < 1.29 is 9.32 Å². The van der Waals surface area contributed by atoms with E-state index in [4.69, 9.17) is 4.52 Å². The standard InChI is InChI=1S/C11H12N4O2/c1-7-5-11(15-17-7)14-9-3-4-10(12-6-9)13-8(2)16/h3-6H,1-2H3,(H,14,15)(H,12,13,16). The van der Waals surface area contributed by atoms with Crippen molar-refractivity contribution in [1.82, 2.24) is 10.1 Å². The number of nitrogens with one attached hydrogen (secondary N) is 2. The van der Waals surface area contributed by atoms with E-state index in [1.807, 2.05) is 6.92 Å². The molecule has 6 nitrogen and oxygen atoms in total. The lowest BCUT2D eigenvalue weighted by molar-refractivity contribution is -0.114. The summed E-state index contributed by atoms with van der Waals surface area (Å²) in [4.78, 5) is 14.9. The first-order valence-corrected chi connectivity index (χ1v) is 5.07. The van der Waals surface area contributed by atoms with Crippen molar-refractivity contribution >= 4 is 23.2 Å². The van der Waals surface area contributed by atoms with Gasteiger partial charge >= 0.3 is 0 Å². The predicted molar refractivity (Wildman–Crippen MR) is 63.1 cm³/mol. The number of amides is 1. The quantitative estimate of drug-likeness (QED) is 0.846. The van der Waals surface area contributed by atoms with Gasteiger partial charge in [-0.25, -0.2) is 4.98 Å². The van der Waals surface area contributed by atoms with Crippen LogP contribution in [0.2, 0.25) is 0 Å². The van der Waals surface area contributed by atoms with Gasteiger partial charge in [-0.15, -0.1) is 0 Å². The Labute approximate surface area is 98.0 Å². The molecule has 0 aliphatic rings. The van der Waals surface area contributed by atoms with Crippen LogP contribution in [0.4, 0.5) is 17.3 Å². The second-order valence-electron chi connectivity index (χ2n) is 3.56. The Morgan fingerprint density at radius 1 is 1.35 bits per heavy atom. The van der Waals surface area contributed by atoms with Gasteiger partial charge in [-0.05, 0) is 19.1 Å². The summed E-state index contributed by atoms with van der Waals surface area (Å²) in [7, 11) is 0. The summed E-state index contributed by atoms with van der Waals surface area (Å²) < 4.78 is 4.92. The molecule has 88 valence electrons. The van der Waals surface area contributed by atoms with Gasteiger partial charge in [-0.1, -0.05) is 5.16 Å². The minimum atomic E-state index is -0.148. The molecular weight excluding hydrogens is 220 g/mol. The molecular formula is C11H12N4O2. The summed E-state index contributed by atoms with van der Waals surface area (Å²) in [6.07, 6.45) is 1.61. The van der Waals surface area contributed by atoms with Crippen molar-refractivity contribution in [1.29, 1.82) is 0 Å². The summed E-state index contributed by atoms with van der Waals surface area (Å²) in [5, 5.41) is 9.41. The van der Waals surface area contributed by atoms with E-state index >= 15 is 0 Å². The molecule has 0 spiro atoms. The highest BCUT2D eigenvalue weighted by atomic mass is 16.5. The minimum Gasteiger partial charge on any atom is -0.360 e. The number of nitrogens with zero attached hydrogens (tertiary/aromatic N) is 2. The van der Waals surface area contributed by atoms with Crippen LogP contribution < -0.4 is 10.6 Å². The number of anilines is 3. The van der Waals surface area contributed by atoms with E-state index in [2.05, 4.69) is 20.8 Å². The molecule has 0 atom stereocenters. The number of hydrogen-bond donors (Lipinski definition) is 2. The molecule has 0 saturated heterocycles. The number of carbonyl (C=O) groups excluding carboxylic acids is 1. The van der Waals surface area contributed by atoms with Gasteiger partial charge in [0.2, 0.25) is 5.91 Å². The number of aromatic nitrogens is 2. The average Bonchev–Trinajstić information content (AvgIpc) is 2.66. The fraction of sp³-hybridized carbons (Fsp3) is 0.182. The molecule has 2 rings (SSSR count). The smallest absolute Gasteiger partial charge is 0.222 e. The molecule has 0 aromatic carbocycles. The first-order chi connectivity index (χ1) is 8.13. The molecule has 0 saturated carbocycles. The lowest BCUT2D eigenvalue weighted by atomic mass is 10.4. The number of aryl methyl sites for hydroxylation is 1. The number of rotatable bonds is 3. The molecule has 2 N–H and O–H groups in total. The van der Waals surface area contributed by atoms with Crippen molar-refractivity contribution in [3.05, 3.63) is 30.2 Å². The molecule has 2 aromatic heterocycles. The van der Waals surface area contributed by atoms with Gasteiger partial charge in [0.15, 0.2) is 5.82 Å². The highest BCUT2D eigenvalue weighted by Crippen LogP contribution is 2.16. The number of carbonyl (C=O) groups is 1. The Bertz CT molecular complexity index is 519. The monoisotopic (exact) mass is 232 g/mol. The van der Waals surface area contributed by atoms with E-state index in [0.717, 1.165) is 11.4 Å². The van der Waals surface area contributed by atoms with Crippen LogP contribution in [0, 0.1) is 6.92 Å². The molecule has 2 heterocycles. The van der Waals surface area contributed by atoms with Crippen molar-refractivity contribution in [2.24, 2.45) is 0 Å². The SMILES string of the molecule is CC(=O)Nc1ccc(Nc2cc(C)on2)cn1. The van der Waals surface area contributed by atoms with Crippen LogP contribution in [0.1, 0.15) is 12.7 Å². The lowest BCUT2D eigenvalue weighted by Crippen LogP contribution is -2.07. The van der Waals surface area contributed by atoms with Gasteiger partial charge < -0.3 is 15.2 Å². The van der Waals surface area contributed by atoms with Gasteiger partial charge in [0, 0.05) is 13.0 Å². The van der Waals surface area contributed by atoms with Gasteiger partial charge in [-0.3, -0.25) is 4.79 Å². The molecule has 0 fully saturated rings. The summed E-state index contributed by atoms with van der Waals surface area (Å²) >= 11 is 0. The minimum absolute atomic E-state index is 0.148. The maximum absolute atomic E-state index is 10.8. The third-order valence-electron chi connectivity index (χ3n) is 1.97. The predicted octanol–water partition coefficient (Wildman–Crippen LogP) is 2.08. The second kappa shape index (κ2) is 4.65. The van der Waals surface area contributed by atoms with Crippen molar-refractivity contribution in [3.8, 4) is 0 Å². The Morgan fingerprint density at radius 2 is 2.18 bits per heavy atom. The largest absolute Gasteiger partial charge is 0.360 e. The molecule has 6 heteroatoms. The lowest BCUT2D eigenvalue weighted by Gasteiger charge is -2.03. The molecule has 0 bridgehead atoms. The Morgan fingerprint density at radius 3 is 2.71 bits per heavy atom. The average molecular weight is 232 g/mol. The van der Waals surface area contributed by atoms with Crippen LogP contribution in [0.25, 0.3) is 0 Å². The molecule has 2 aromatic rings. The van der Waals surface area contributed by atoms with Crippen LogP contribution in [0.3, 0.4) is 0 Å². The second-order valence-corrected chi connectivity index (χ2v) is 3.56. The molecule has 0 aliphatic carbocycles. The zero-order valence-electron chi connectivity index (χ0n) is 9.52. The summed E-state index contributed by atoms with van der Waals surface area (Å²) in [6, 6.07) is 5.28. The maximum Gasteiger partial charge on any atom is 0.222 e. The van der Waals surface area contributed by atoms with Crippen LogP contribution in [-0.2, 0) is 4.79 Å². The fourth-order valence-corrected chi connectivity index (χ4v) is 1.30. The molecule has 1 amide bonds. The topological polar surface area (TPSA) is 80.0 Å². The zero-order valence-corrected chi connectivity index (χ0v) is 9.52.